The van der Waals surface area contributed by atoms with E-state index in [2.05, 4.69) is 10.1 Å². The summed E-state index contributed by atoms with van der Waals surface area (Å²) in [4.78, 5) is 4.37. The third-order valence-electron chi connectivity index (χ3n) is 2.81. The Morgan fingerprint density at radius 1 is 0.950 bits per heavy atom. The Morgan fingerprint density at radius 2 is 1.75 bits per heavy atom. The van der Waals surface area contributed by atoms with E-state index < -0.39 is 0 Å². The number of nitrogens with zero attached hydrogens (tertiary/aromatic N) is 2. The Hall–Kier alpha value is -1.84. The molecule has 1 heterocycles. The molecule has 5 heteroatoms. The van der Waals surface area contributed by atoms with Gasteiger partial charge in [-0.3, -0.25) is 0 Å². The van der Waals surface area contributed by atoms with Crippen molar-refractivity contribution in [3.05, 3.63) is 70.0 Å². The fraction of sp³-hybridized carbons (Fsp3) is 0.0667. The van der Waals surface area contributed by atoms with Crippen molar-refractivity contribution in [3.8, 4) is 11.4 Å². The van der Waals surface area contributed by atoms with Gasteiger partial charge in [0.1, 0.15) is 0 Å². The summed E-state index contributed by atoms with van der Waals surface area (Å²) in [5.41, 5.74) is 1.90. The molecule has 0 saturated carbocycles. The molecule has 20 heavy (non-hydrogen) atoms. The van der Waals surface area contributed by atoms with E-state index in [1.807, 2.05) is 36.4 Å². The van der Waals surface area contributed by atoms with Crippen LogP contribution >= 0.6 is 23.2 Å². The summed E-state index contributed by atoms with van der Waals surface area (Å²) in [5, 5.41) is 5.34. The van der Waals surface area contributed by atoms with Crippen molar-refractivity contribution in [1.29, 1.82) is 0 Å². The van der Waals surface area contributed by atoms with Gasteiger partial charge in [-0.2, -0.15) is 4.98 Å². The van der Waals surface area contributed by atoms with Gasteiger partial charge in [0.25, 0.3) is 0 Å². The van der Waals surface area contributed by atoms with Gasteiger partial charge in [-0.1, -0.05) is 40.5 Å². The van der Waals surface area contributed by atoms with Crippen LogP contribution in [0, 0.1) is 0 Å². The number of hydrogen-bond donors (Lipinski definition) is 0. The van der Waals surface area contributed by atoms with Crippen LogP contribution in [0.25, 0.3) is 11.4 Å². The third-order valence-corrected chi connectivity index (χ3v) is 3.30. The molecule has 2 aromatic carbocycles. The number of rotatable bonds is 3. The van der Waals surface area contributed by atoms with E-state index in [9.17, 15) is 0 Å². The largest absolute Gasteiger partial charge is 0.339 e. The van der Waals surface area contributed by atoms with E-state index >= 15 is 0 Å². The fourth-order valence-corrected chi connectivity index (χ4v) is 2.20. The highest BCUT2D eigenvalue weighted by molar-refractivity contribution is 6.30. The highest BCUT2D eigenvalue weighted by atomic mass is 35.5. The molecule has 0 aliphatic rings. The zero-order valence-electron chi connectivity index (χ0n) is 10.4. The smallest absolute Gasteiger partial charge is 0.231 e. The number of aromatic nitrogens is 2. The van der Waals surface area contributed by atoms with E-state index in [0.29, 0.717) is 28.2 Å². The van der Waals surface area contributed by atoms with Crippen LogP contribution < -0.4 is 0 Å². The zero-order valence-corrected chi connectivity index (χ0v) is 11.9. The number of halogens is 2. The SMILES string of the molecule is Clc1ccc(-c2noc(Cc3cccc(Cl)c3)n2)cc1. The molecule has 100 valence electrons. The van der Waals surface area contributed by atoms with Crippen LogP contribution in [-0.4, -0.2) is 10.1 Å². The van der Waals surface area contributed by atoms with Crippen molar-refractivity contribution in [2.24, 2.45) is 0 Å². The molecule has 1 aromatic heterocycles. The standard InChI is InChI=1S/C15H10Cl2N2O/c16-12-6-4-11(5-7-12)15-18-14(20-19-15)9-10-2-1-3-13(17)8-10/h1-8H,9H2. The molecule has 0 aliphatic carbocycles. The van der Waals surface area contributed by atoms with Gasteiger partial charge in [0.15, 0.2) is 0 Å². The second kappa shape index (κ2) is 5.65. The van der Waals surface area contributed by atoms with Crippen LogP contribution in [0.2, 0.25) is 10.0 Å². The van der Waals surface area contributed by atoms with Crippen molar-refractivity contribution < 1.29 is 4.52 Å². The highest BCUT2D eigenvalue weighted by Crippen LogP contribution is 2.20. The lowest BCUT2D eigenvalue weighted by Gasteiger charge is -1.96. The summed E-state index contributed by atoms with van der Waals surface area (Å²) >= 11 is 11.8. The highest BCUT2D eigenvalue weighted by Gasteiger charge is 2.09. The van der Waals surface area contributed by atoms with Crippen molar-refractivity contribution >= 4 is 23.2 Å². The van der Waals surface area contributed by atoms with Crippen molar-refractivity contribution in [2.75, 3.05) is 0 Å². The Bertz CT molecular complexity index is 723. The van der Waals surface area contributed by atoms with Crippen LogP contribution in [-0.2, 0) is 6.42 Å². The first-order valence-electron chi connectivity index (χ1n) is 6.04. The summed E-state index contributed by atoms with van der Waals surface area (Å²) in [5.74, 6) is 1.11. The first-order valence-corrected chi connectivity index (χ1v) is 6.79. The molecular weight excluding hydrogens is 295 g/mol. The lowest BCUT2D eigenvalue weighted by molar-refractivity contribution is 0.385. The average Bonchev–Trinajstić information content (AvgIpc) is 2.88. The molecule has 0 aliphatic heterocycles. The summed E-state index contributed by atoms with van der Waals surface area (Å²) in [7, 11) is 0. The second-order valence-electron chi connectivity index (χ2n) is 4.33. The van der Waals surface area contributed by atoms with Crippen LogP contribution in [0.15, 0.2) is 53.1 Å². The van der Waals surface area contributed by atoms with Gasteiger partial charge in [-0.15, -0.1) is 0 Å². The predicted octanol–water partition coefficient (Wildman–Crippen LogP) is 4.63. The van der Waals surface area contributed by atoms with Crippen molar-refractivity contribution in [3.63, 3.8) is 0 Å². The van der Waals surface area contributed by atoms with Crippen LogP contribution in [0.5, 0.6) is 0 Å². The molecule has 3 aromatic rings. The van der Waals surface area contributed by atoms with Gasteiger partial charge in [0.2, 0.25) is 11.7 Å². The van der Waals surface area contributed by atoms with Crippen molar-refractivity contribution in [1.82, 2.24) is 10.1 Å². The second-order valence-corrected chi connectivity index (χ2v) is 5.20. The van der Waals surface area contributed by atoms with Crippen LogP contribution in [0.4, 0.5) is 0 Å². The topological polar surface area (TPSA) is 38.9 Å². The third kappa shape index (κ3) is 3.00. The molecule has 3 rings (SSSR count). The van der Waals surface area contributed by atoms with E-state index in [1.165, 1.54) is 0 Å². The van der Waals surface area contributed by atoms with E-state index in [4.69, 9.17) is 27.7 Å². The Labute approximate surface area is 126 Å². The van der Waals surface area contributed by atoms with Gasteiger partial charge < -0.3 is 4.52 Å². The monoisotopic (exact) mass is 304 g/mol. The molecule has 0 fully saturated rings. The lowest BCUT2D eigenvalue weighted by atomic mass is 10.1. The summed E-state index contributed by atoms with van der Waals surface area (Å²) < 4.78 is 5.26. The van der Waals surface area contributed by atoms with E-state index in [0.717, 1.165) is 11.1 Å². The van der Waals surface area contributed by atoms with Gasteiger partial charge in [-0.25, -0.2) is 0 Å². The van der Waals surface area contributed by atoms with E-state index in [-0.39, 0.29) is 0 Å². The molecule has 0 bridgehead atoms. The van der Waals surface area contributed by atoms with Gasteiger partial charge in [-0.05, 0) is 42.0 Å². The Morgan fingerprint density at radius 3 is 2.50 bits per heavy atom. The predicted molar refractivity (Wildman–Crippen MR) is 79.0 cm³/mol. The van der Waals surface area contributed by atoms with Crippen molar-refractivity contribution in [2.45, 2.75) is 6.42 Å². The fourth-order valence-electron chi connectivity index (χ4n) is 1.86. The summed E-state index contributed by atoms with van der Waals surface area (Å²) in [6.07, 6.45) is 0.557. The minimum Gasteiger partial charge on any atom is -0.339 e. The minimum atomic E-state index is 0.553. The Balaban J connectivity index is 1.82. The summed E-state index contributed by atoms with van der Waals surface area (Å²) in [6, 6.07) is 14.9. The molecular formula is C15H10Cl2N2O. The zero-order chi connectivity index (χ0) is 13.9. The minimum absolute atomic E-state index is 0.553. The Kier molecular flexibility index (Phi) is 3.72. The van der Waals surface area contributed by atoms with Gasteiger partial charge >= 0.3 is 0 Å². The van der Waals surface area contributed by atoms with Gasteiger partial charge in [0, 0.05) is 15.6 Å². The molecule has 3 nitrogen and oxygen atoms in total. The molecule has 0 spiro atoms. The maximum atomic E-state index is 5.95. The first kappa shape index (κ1) is 13.2. The quantitative estimate of drug-likeness (QED) is 0.708. The number of benzene rings is 2. The van der Waals surface area contributed by atoms with Crippen LogP contribution in [0.3, 0.4) is 0 Å². The lowest BCUT2D eigenvalue weighted by Crippen LogP contribution is -1.88. The molecule has 0 unspecified atom stereocenters. The molecule has 0 atom stereocenters. The van der Waals surface area contributed by atoms with Gasteiger partial charge in [0.05, 0.1) is 6.42 Å². The van der Waals surface area contributed by atoms with Crippen LogP contribution in [0.1, 0.15) is 11.5 Å². The molecule has 0 N–H and O–H groups in total. The molecule has 0 amide bonds. The first-order chi connectivity index (χ1) is 9.70. The average molecular weight is 305 g/mol. The number of hydrogen-bond acceptors (Lipinski definition) is 3. The maximum Gasteiger partial charge on any atom is 0.231 e. The maximum absolute atomic E-state index is 5.95. The molecule has 0 radical (unpaired) electrons. The normalized spacial score (nSPS) is 10.7. The summed E-state index contributed by atoms with van der Waals surface area (Å²) in [6.45, 7) is 0. The van der Waals surface area contributed by atoms with E-state index in [1.54, 1.807) is 12.1 Å². The molecule has 0 saturated heterocycles.